The molecule has 0 aliphatic carbocycles. The number of benzene rings is 1. The average Bonchev–Trinajstić information content (AvgIpc) is 3.41. The topological polar surface area (TPSA) is 43.9 Å². The first kappa shape index (κ1) is 19.4. The molecule has 1 aromatic heterocycles. The lowest BCUT2D eigenvalue weighted by Crippen LogP contribution is -2.37. The summed E-state index contributed by atoms with van der Waals surface area (Å²) >= 11 is 1.52. The van der Waals surface area contributed by atoms with Gasteiger partial charge in [-0.3, -0.25) is 9.59 Å². The van der Waals surface area contributed by atoms with Crippen LogP contribution >= 0.6 is 11.3 Å². The van der Waals surface area contributed by atoms with Crippen LogP contribution in [0.5, 0.6) is 0 Å². The molecule has 5 rings (SSSR count). The van der Waals surface area contributed by atoms with Gasteiger partial charge in [-0.05, 0) is 74.2 Å². The second kappa shape index (κ2) is 8.26. The summed E-state index contributed by atoms with van der Waals surface area (Å²) in [6.07, 6.45) is 7.04. The Morgan fingerprint density at radius 2 is 1.27 bits per heavy atom. The molecule has 2 fully saturated rings. The van der Waals surface area contributed by atoms with Crippen molar-refractivity contribution in [3.63, 3.8) is 0 Å². The van der Waals surface area contributed by atoms with E-state index < -0.39 is 0 Å². The highest BCUT2D eigenvalue weighted by atomic mass is 32.1. The zero-order valence-electron chi connectivity index (χ0n) is 17.2. The molecular formula is C24H27N3O2S. The van der Waals surface area contributed by atoms with Crippen molar-refractivity contribution < 1.29 is 9.59 Å². The number of likely N-dealkylation sites (tertiary alicyclic amines) is 1. The van der Waals surface area contributed by atoms with Crippen LogP contribution in [0.15, 0.2) is 47.5 Å². The summed E-state index contributed by atoms with van der Waals surface area (Å²) in [6.45, 7) is 3.82. The third-order valence-electron chi connectivity index (χ3n) is 6.33. The average molecular weight is 422 g/mol. The van der Waals surface area contributed by atoms with Crippen LogP contribution in [0, 0.1) is 0 Å². The fraction of sp³-hybridized carbons (Fsp3) is 0.417. The van der Waals surface area contributed by atoms with Crippen LogP contribution in [0.2, 0.25) is 0 Å². The lowest BCUT2D eigenvalue weighted by atomic mass is 10.1. The van der Waals surface area contributed by atoms with Gasteiger partial charge in [-0.2, -0.15) is 0 Å². The van der Waals surface area contributed by atoms with E-state index in [1.165, 1.54) is 47.6 Å². The summed E-state index contributed by atoms with van der Waals surface area (Å²) in [7, 11) is 0. The molecule has 4 heterocycles. The molecule has 2 saturated heterocycles. The summed E-state index contributed by atoms with van der Waals surface area (Å²) in [6, 6.07) is 11.8. The Morgan fingerprint density at radius 1 is 0.667 bits per heavy atom. The minimum absolute atomic E-state index is 0.184. The van der Waals surface area contributed by atoms with Crippen LogP contribution in [0.4, 0.5) is 11.4 Å². The third-order valence-corrected chi connectivity index (χ3v) is 7.22. The predicted molar refractivity (Wildman–Crippen MR) is 122 cm³/mol. The van der Waals surface area contributed by atoms with Gasteiger partial charge in [0.25, 0.3) is 11.8 Å². The van der Waals surface area contributed by atoms with Gasteiger partial charge in [-0.1, -0.05) is 6.07 Å². The number of rotatable bonds is 4. The summed E-state index contributed by atoms with van der Waals surface area (Å²) in [5.41, 5.74) is 2.98. The Balaban J connectivity index is 1.47. The predicted octanol–water partition coefficient (Wildman–Crippen LogP) is 4.51. The van der Waals surface area contributed by atoms with Gasteiger partial charge in [0.15, 0.2) is 0 Å². The van der Waals surface area contributed by atoms with Crippen LogP contribution in [0.3, 0.4) is 0 Å². The molecule has 3 aliphatic rings. The normalized spacial score (nSPS) is 20.5. The van der Waals surface area contributed by atoms with Gasteiger partial charge in [0, 0.05) is 36.7 Å². The molecule has 0 bridgehead atoms. The first-order chi connectivity index (χ1) is 14.7. The number of hydrogen-bond acceptors (Lipinski definition) is 5. The molecule has 2 aromatic rings. The van der Waals surface area contributed by atoms with Gasteiger partial charge >= 0.3 is 0 Å². The van der Waals surface area contributed by atoms with Crippen LogP contribution < -0.4 is 9.80 Å². The third kappa shape index (κ3) is 3.43. The molecule has 0 radical (unpaired) electrons. The molecule has 0 N–H and O–H groups in total. The first-order valence-electron chi connectivity index (χ1n) is 11.0. The Labute approximate surface area is 181 Å². The molecule has 0 saturated carbocycles. The van der Waals surface area contributed by atoms with E-state index in [0.29, 0.717) is 17.0 Å². The number of carbonyl (C=O) groups excluding carboxylic acids is 2. The molecule has 0 unspecified atom stereocenters. The quantitative estimate of drug-likeness (QED) is 0.682. The van der Waals surface area contributed by atoms with E-state index in [4.69, 9.17) is 0 Å². The highest BCUT2D eigenvalue weighted by Crippen LogP contribution is 2.37. The highest BCUT2D eigenvalue weighted by molar-refractivity contribution is 7.11. The zero-order chi connectivity index (χ0) is 20.5. The van der Waals surface area contributed by atoms with Gasteiger partial charge in [-0.25, -0.2) is 4.90 Å². The summed E-state index contributed by atoms with van der Waals surface area (Å²) in [5, 5.41) is 1.96. The number of anilines is 2. The molecule has 0 spiro atoms. The SMILES string of the molecule is O=C1C(c2cccs2)=C(N2CCCCC2)C(=O)N1c1ccc(N2CCCCC2)cc1. The van der Waals surface area contributed by atoms with Crippen LogP contribution in [0.1, 0.15) is 43.4 Å². The number of hydrogen-bond donors (Lipinski definition) is 0. The minimum Gasteiger partial charge on any atom is -0.372 e. The lowest BCUT2D eigenvalue weighted by Gasteiger charge is -2.30. The van der Waals surface area contributed by atoms with Crippen LogP contribution in [0.25, 0.3) is 5.57 Å². The smallest absolute Gasteiger partial charge is 0.282 e. The van der Waals surface area contributed by atoms with Crippen molar-refractivity contribution in [3.8, 4) is 0 Å². The molecule has 1 aromatic carbocycles. The number of carbonyl (C=O) groups is 2. The largest absolute Gasteiger partial charge is 0.372 e. The van der Waals surface area contributed by atoms with E-state index in [1.54, 1.807) is 0 Å². The van der Waals surface area contributed by atoms with Crippen LogP contribution in [-0.4, -0.2) is 42.9 Å². The van der Waals surface area contributed by atoms with Crippen molar-refractivity contribution >= 4 is 40.1 Å². The van der Waals surface area contributed by atoms with Crippen molar-refractivity contribution in [2.24, 2.45) is 0 Å². The van der Waals surface area contributed by atoms with Crippen molar-refractivity contribution in [2.45, 2.75) is 38.5 Å². The van der Waals surface area contributed by atoms with Crippen LogP contribution in [-0.2, 0) is 9.59 Å². The second-order valence-electron chi connectivity index (χ2n) is 8.26. The Hall–Kier alpha value is -2.60. The van der Waals surface area contributed by atoms with E-state index in [0.717, 1.165) is 43.9 Å². The molecule has 30 heavy (non-hydrogen) atoms. The van der Waals surface area contributed by atoms with Crippen molar-refractivity contribution in [3.05, 3.63) is 52.4 Å². The molecule has 3 aliphatic heterocycles. The van der Waals surface area contributed by atoms with E-state index >= 15 is 0 Å². The van der Waals surface area contributed by atoms with E-state index in [9.17, 15) is 9.59 Å². The maximum atomic E-state index is 13.5. The Morgan fingerprint density at radius 3 is 1.87 bits per heavy atom. The lowest BCUT2D eigenvalue weighted by molar-refractivity contribution is -0.120. The number of imide groups is 1. The molecule has 0 atom stereocenters. The first-order valence-corrected chi connectivity index (χ1v) is 11.9. The number of piperidine rings is 2. The summed E-state index contributed by atoms with van der Waals surface area (Å²) in [5.74, 6) is -0.384. The number of nitrogens with zero attached hydrogens (tertiary/aromatic N) is 3. The van der Waals surface area contributed by atoms with E-state index in [2.05, 4.69) is 9.80 Å². The zero-order valence-corrected chi connectivity index (χ0v) is 18.0. The summed E-state index contributed by atoms with van der Waals surface area (Å²) in [4.78, 5) is 33.7. The fourth-order valence-corrected chi connectivity index (χ4v) is 5.53. The molecular weight excluding hydrogens is 394 g/mol. The fourth-order valence-electron chi connectivity index (χ4n) is 4.77. The van der Waals surface area contributed by atoms with Crippen molar-refractivity contribution in [2.75, 3.05) is 36.0 Å². The molecule has 5 nitrogen and oxygen atoms in total. The van der Waals surface area contributed by atoms with Gasteiger partial charge in [0.2, 0.25) is 0 Å². The standard InChI is InChI=1S/C24H27N3O2S/c28-23-21(20-8-7-17-30-20)22(26-15-5-2-6-16-26)24(29)27(23)19-11-9-18(10-12-19)25-13-3-1-4-14-25/h7-12,17H,1-6,13-16H2. The van der Waals surface area contributed by atoms with Gasteiger partial charge in [0.1, 0.15) is 5.70 Å². The highest BCUT2D eigenvalue weighted by Gasteiger charge is 2.43. The Kier molecular flexibility index (Phi) is 5.34. The minimum atomic E-state index is -0.200. The molecule has 2 amide bonds. The number of amides is 2. The van der Waals surface area contributed by atoms with Crippen molar-refractivity contribution in [1.82, 2.24) is 4.90 Å². The summed E-state index contributed by atoms with van der Waals surface area (Å²) < 4.78 is 0. The van der Waals surface area contributed by atoms with Gasteiger partial charge in [0.05, 0.1) is 11.3 Å². The number of thiophene rings is 1. The molecule has 6 heteroatoms. The van der Waals surface area contributed by atoms with E-state index in [1.807, 2.05) is 41.8 Å². The second-order valence-corrected chi connectivity index (χ2v) is 9.21. The van der Waals surface area contributed by atoms with E-state index in [-0.39, 0.29) is 11.8 Å². The van der Waals surface area contributed by atoms with Gasteiger partial charge in [-0.15, -0.1) is 11.3 Å². The van der Waals surface area contributed by atoms with Gasteiger partial charge < -0.3 is 9.80 Å². The maximum absolute atomic E-state index is 13.5. The maximum Gasteiger partial charge on any atom is 0.282 e. The molecule has 156 valence electrons. The Bertz CT molecular complexity index is 953. The van der Waals surface area contributed by atoms with Crippen molar-refractivity contribution in [1.29, 1.82) is 0 Å². The monoisotopic (exact) mass is 421 g/mol.